The van der Waals surface area contributed by atoms with Crippen LogP contribution in [0.15, 0.2) is 40.8 Å². The molecule has 126 valence electrons. The number of nitrogens with zero attached hydrogens (tertiary/aromatic N) is 1. The van der Waals surface area contributed by atoms with Gasteiger partial charge in [0, 0.05) is 5.02 Å². The molecule has 0 aliphatic carbocycles. The summed E-state index contributed by atoms with van der Waals surface area (Å²) < 4.78 is 9.43. The summed E-state index contributed by atoms with van der Waals surface area (Å²) >= 11 is 5.88. The molecule has 0 bridgehead atoms. The Kier molecular flexibility index (Phi) is 5.54. The quantitative estimate of drug-likeness (QED) is 0.486. The van der Waals surface area contributed by atoms with E-state index in [2.05, 4.69) is 9.73 Å². The van der Waals surface area contributed by atoms with Crippen molar-refractivity contribution >= 4 is 29.4 Å². The van der Waals surface area contributed by atoms with Crippen LogP contribution in [0.4, 0.5) is 5.88 Å². The zero-order valence-electron chi connectivity index (χ0n) is 12.5. The minimum atomic E-state index is -0.964. The smallest absolute Gasteiger partial charge is 0.433 e. The second-order valence-electron chi connectivity index (χ2n) is 4.82. The van der Waals surface area contributed by atoms with Crippen molar-refractivity contribution in [2.75, 3.05) is 6.61 Å². The molecule has 0 aliphatic rings. The number of nitro groups is 1. The standard InChI is InChI=1S/C15H13ClN2O6/c1-9(10-3-2-4-11(16)7-10)17-13(19)8-23-15(20)12-5-6-14(24-12)18(21)22/h2-7,9H,8H2,1H3,(H,17,19)/t9-/m1/s1. The lowest BCUT2D eigenvalue weighted by Gasteiger charge is -2.14. The van der Waals surface area contributed by atoms with E-state index in [1.165, 1.54) is 0 Å². The molecule has 2 rings (SSSR count). The molecule has 1 amide bonds. The van der Waals surface area contributed by atoms with Gasteiger partial charge in [0.15, 0.2) is 6.61 Å². The third-order valence-corrected chi connectivity index (χ3v) is 3.27. The Morgan fingerprint density at radius 3 is 2.75 bits per heavy atom. The highest BCUT2D eigenvalue weighted by Gasteiger charge is 2.19. The maximum atomic E-state index is 11.8. The third-order valence-electron chi connectivity index (χ3n) is 3.03. The minimum Gasteiger partial charge on any atom is -0.450 e. The fraction of sp³-hybridized carbons (Fsp3) is 0.200. The largest absolute Gasteiger partial charge is 0.450 e. The topological polar surface area (TPSA) is 112 Å². The predicted molar refractivity (Wildman–Crippen MR) is 83.7 cm³/mol. The van der Waals surface area contributed by atoms with Crippen molar-refractivity contribution in [2.45, 2.75) is 13.0 Å². The average molecular weight is 353 g/mol. The van der Waals surface area contributed by atoms with Crippen molar-refractivity contribution in [3.8, 4) is 0 Å². The number of esters is 1. The zero-order valence-corrected chi connectivity index (χ0v) is 13.3. The van der Waals surface area contributed by atoms with Crippen molar-refractivity contribution in [2.24, 2.45) is 0 Å². The second kappa shape index (κ2) is 7.60. The molecule has 8 nitrogen and oxygen atoms in total. The van der Waals surface area contributed by atoms with E-state index in [1.54, 1.807) is 31.2 Å². The van der Waals surface area contributed by atoms with Gasteiger partial charge in [0.1, 0.15) is 4.92 Å². The van der Waals surface area contributed by atoms with Gasteiger partial charge in [-0.05, 0) is 30.7 Å². The summed E-state index contributed by atoms with van der Waals surface area (Å²) in [5, 5.41) is 13.7. The van der Waals surface area contributed by atoms with Crippen LogP contribution in [0.25, 0.3) is 0 Å². The first kappa shape index (κ1) is 17.5. The van der Waals surface area contributed by atoms with Crippen LogP contribution >= 0.6 is 11.6 Å². The number of carbonyl (C=O) groups is 2. The van der Waals surface area contributed by atoms with Gasteiger partial charge >= 0.3 is 11.9 Å². The second-order valence-corrected chi connectivity index (χ2v) is 5.25. The molecule has 0 aliphatic heterocycles. The van der Waals surface area contributed by atoms with Gasteiger partial charge in [-0.2, -0.15) is 0 Å². The van der Waals surface area contributed by atoms with Crippen LogP contribution < -0.4 is 5.32 Å². The number of carbonyl (C=O) groups excluding carboxylic acids is 2. The lowest BCUT2D eigenvalue weighted by atomic mass is 10.1. The summed E-state index contributed by atoms with van der Waals surface area (Å²) in [6, 6.07) is 8.77. The van der Waals surface area contributed by atoms with Crippen molar-refractivity contribution in [3.63, 3.8) is 0 Å². The molecule has 0 saturated carbocycles. The highest BCUT2D eigenvalue weighted by atomic mass is 35.5. The normalized spacial score (nSPS) is 11.6. The maximum Gasteiger partial charge on any atom is 0.433 e. The first-order valence-electron chi connectivity index (χ1n) is 6.83. The van der Waals surface area contributed by atoms with E-state index < -0.39 is 29.3 Å². The van der Waals surface area contributed by atoms with Gasteiger partial charge in [0.05, 0.1) is 12.1 Å². The van der Waals surface area contributed by atoms with Crippen LogP contribution in [-0.2, 0) is 9.53 Å². The maximum absolute atomic E-state index is 11.8. The Labute approximate surface area is 141 Å². The van der Waals surface area contributed by atoms with Crippen LogP contribution in [0, 0.1) is 10.1 Å². The van der Waals surface area contributed by atoms with Gasteiger partial charge in [0.25, 0.3) is 5.91 Å². The number of rotatable bonds is 6. The van der Waals surface area contributed by atoms with Crippen LogP contribution in [0.5, 0.6) is 0 Å². The van der Waals surface area contributed by atoms with E-state index in [4.69, 9.17) is 16.3 Å². The Bertz CT molecular complexity index is 773. The summed E-state index contributed by atoms with van der Waals surface area (Å²) in [6.45, 7) is 1.21. The number of furan rings is 1. The summed E-state index contributed by atoms with van der Waals surface area (Å²) in [6.07, 6.45) is 0. The molecule has 1 N–H and O–H groups in total. The molecule has 0 spiro atoms. The van der Waals surface area contributed by atoms with E-state index in [1.807, 2.05) is 0 Å². The molecule has 0 radical (unpaired) electrons. The van der Waals surface area contributed by atoms with Crippen LogP contribution in [0.1, 0.15) is 29.1 Å². The summed E-state index contributed by atoms with van der Waals surface area (Å²) in [5.41, 5.74) is 0.795. The number of nitrogens with one attached hydrogen (secondary N) is 1. The van der Waals surface area contributed by atoms with E-state index in [9.17, 15) is 19.7 Å². The van der Waals surface area contributed by atoms with Crippen LogP contribution in [0.2, 0.25) is 5.02 Å². The molecule has 9 heteroatoms. The van der Waals surface area contributed by atoms with E-state index in [0.29, 0.717) is 5.02 Å². The SMILES string of the molecule is C[C@@H](NC(=O)COC(=O)c1ccc([N+](=O)[O-])o1)c1cccc(Cl)c1. The molecule has 1 heterocycles. The van der Waals surface area contributed by atoms with Gasteiger partial charge in [-0.25, -0.2) is 4.79 Å². The highest BCUT2D eigenvalue weighted by molar-refractivity contribution is 6.30. The Morgan fingerprint density at radius 1 is 1.38 bits per heavy atom. The number of hydrogen-bond acceptors (Lipinski definition) is 6. The molecule has 0 fully saturated rings. The number of hydrogen-bond donors (Lipinski definition) is 1. The molecule has 24 heavy (non-hydrogen) atoms. The Balaban J connectivity index is 1.86. The molecule has 0 saturated heterocycles. The fourth-order valence-corrected chi connectivity index (χ4v) is 2.08. The number of benzene rings is 1. The molecule has 1 atom stereocenters. The number of ether oxygens (including phenoxy) is 1. The van der Waals surface area contributed by atoms with Crippen molar-refractivity contribution in [1.82, 2.24) is 5.32 Å². The van der Waals surface area contributed by atoms with Crippen LogP contribution in [0.3, 0.4) is 0 Å². The summed E-state index contributed by atoms with van der Waals surface area (Å²) in [5.74, 6) is -2.43. The molecule has 1 aromatic carbocycles. The van der Waals surface area contributed by atoms with E-state index in [-0.39, 0.29) is 11.8 Å². The summed E-state index contributed by atoms with van der Waals surface area (Å²) in [7, 11) is 0. The molecule has 1 aromatic heterocycles. The predicted octanol–water partition coefficient (Wildman–Crippen LogP) is 2.88. The van der Waals surface area contributed by atoms with Gasteiger partial charge in [-0.3, -0.25) is 14.9 Å². The van der Waals surface area contributed by atoms with Crippen molar-refractivity contribution < 1.29 is 23.7 Å². The monoisotopic (exact) mass is 352 g/mol. The first-order chi connectivity index (χ1) is 11.4. The number of halogens is 1. The average Bonchev–Trinajstić information content (AvgIpc) is 3.03. The fourth-order valence-electron chi connectivity index (χ4n) is 1.88. The molecule has 2 aromatic rings. The minimum absolute atomic E-state index is 0.334. The van der Waals surface area contributed by atoms with Gasteiger partial charge in [0.2, 0.25) is 5.76 Å². The Hall–Kier alpha value is -2.87. The lowest BCUT2D eigenvalue weighted by Crippen LogP contribution is -2.31. The zero-order chi connectivity index (χ0) is 17.7. The number of amides is 1. The van der Waals surface area contributed by atoms with Gasteiger partial charge in [-0.15, -0.1) is 0 Å². The highest BCUT2D eigenvalue weighted by Crippen LogP contribution is 2.18. The van der Waals surface area contributed by atoms with Crippen LogP contribution in [-0.4, -0.2) is 23.4 Å². The van der Waals surface area contributed by atoms with Crippen molar-refractivity contribution in [1.29, 1.82) is 0 Å². The Morgan fingerprint density at radius 2 is 2.12 bits per heavy atom. The summed E-state index contributed by atoms with van der Waals surface area (Å²) in [4.78, 5) is 33.1. The first-order valence-corrected chi connectivity index (χ1v) is 7.21. The molecule has 0 unspecified atom stereocenters. The molecular formula is C15H13ClN2O6. The van der Waals surface area contributed by atoms with Gasteiger partial charge < -0.3 is 14.5 Å². The van der Waals surface area contributed by atoms with E-state index in [0.717, 1.165) is 17.7 Å². The van der Waals surface area contributed by atoms with E-state index >= 15 is 0 Å². The lowest BCUT2D eigenvalue weighted by molar-refractivity contribution is -0.402. The molecular weight excluding hydrogens is 340 g/mol. The van der Waals surface area contributed by atoms with Gasteiger partial charge in [-0.1, -0.05) is 23.7 Å². The third kappa shape index (κ3) is 4.56. The van der Waals surface area contributed by atoms with Crippen molar-refractivity contribution in [3.05, 3.63) is 62.9 Å².